The first-order valence-electron chi connectivity index (χ1n) is 8.73. The molecule has 2 heterocycles. The van der Waals surface area contributed by atoms with Gasteiger partial charge in [-0.15, -0.1) is 0 Å². The van der Waals surface area contributed by atoms with Crippen LogP contribution in [0.1, 0.15) is 16.1 Å². The number of amides is 1. The maximum absolute atomic E-state index is 12.5. The summed E-state index contributed by atoms with van der Waals surface area (Å²) in [5.74, 6) is 0.406. The number of benzene rings is 2. The lowest BCUT2D eigenvalue weighted by Crippen LogP contribution is -2.10. The molecule has 0 spiro atoms. The zero-order chi connectivity index (χ0) is 19.2. The first kappa shape index (κ1) is 17.5. The lowest BCUT2D eigenvalue weighted by atomic mass is 10.1. The molecule has 2 aromatic carbocycles. The van der Waals surface area contributed by atoms with Crippen molar-refractivity contribution in [2.45, 2.75) is 6.61 Å². The third-order valence-corrected chi connectivity index (χ3v) is 4.02. The van der Waals surface area contributed by atoms with Crippen molar-refractivity contribution in [2.75, 3.05) is 5.32 Å². The molecule has 6 nitrogen and oxygen atoms in total. The van der Waals surface area contributed by atoms with E-state index in [1.807, 2.05) is 54.6 Å². The smallest absolute Gasteiger partial charge is 0.294 e. The number of carbonyl (C=O) groups is 1. The standard InChI is InChI=1S/C22H17N3O3/c26-22(21-13-20(25-28-21)17-7-2-1-3-8-17)24-18-9-4-10-19(12-18)27-15-16-6-5-11-23-14-16/h1-14H,15H2,(H,24,26). The SMILES string of the molecule is O=C(Nc1cccc(OCc2cccnc2)c1)c1cc(-c2ccccc2)no1. The number of pyridine rings is 1. The summed E-state index contributed by atoms with van der Waals surface area (Å²) in [5.41, 5.74) is 3.06. The zero-order valence-electron chi connectivity index (χ0n) is 14.9. The average Bonchev–Trinajstić information content (AvgIpc) is 3.25. The first-order valence-corrected chi connectivity index (χ1v) is 8.73. The van der Waals surface area contributed by atoms with Gasteiger partial charge in [-0.2, -0.15) is 0 Å². The molecule has 28 heavy (non-hydrogen) atoms. The van der Waals surface area contributed by atoms with Gasteiger partial charge in [0.15, 0.2) is 0 Å². The number of nitrogens with zero attached hydrogens (tertiary/aromatic N) is 2. The van der Waals surface area contributed by atoms with E-state index in [2.05, 4.69) is 15.5 Å². The van der Waals surface area contributed by atoms with Gasteiger partial charge in [-0.1, -0.05) is 47.6 Å². The number of aromatic nitrogens is 2. The normalized spacial score (nSPS) is 10.4. The van der Waals surface area contributed by atoms with Gasteiger partial charge in [0, 0.05) is 41.3 Å². The molecule has 0 aliphatic rings. The Bertz CT molecular complexity index is 1060. The van der Waals surface area contributed by atoms with Gasteiger partial charge in [-0.25, -0.2) is 0 Å². The largest absolute Gasteiger partial charge is 0.489 e. The fourth-order valence-electron chi connectivity index (χ4n) is 2.63. The van der Waals surface area contributed by atoms with Gasteiger partial charge in [0.25, 0.3) is 5.91 Å². The highest BCUT2D eigenvalue weighted by atomic mass is 16.5. The molecule has 6 heteroatoms. The van der Waals surface area contributed by atoms with Gasteiger partial charge in [0.1, 0.15) is 18.1 Å². The Labute approximate surface area is 161 Å². The molecular weight excluding hydrogens is 354 g/mol. The minimum atomic E-state index is -0.376. The molecule has 0 saturated carbocycles. The lowest BCUT2D eigenvalue weighted by molar-refractivity contribution is 0.0988. The van der Waals surface area contributed by atoms with E-state index in [4.69, 9.17) is 9.26 Å². The molecule has 138 valence electrons. The van der Waals surface area contributed by atoms with Crippen molar-refractivity contribution < 1.29 is 14.1 Å². The summed E-state index contributed by atoms with van der Waals surface area (Å²) in [4.78, 5) is 16.5. The van der Waals surface area contributed by atoms with E-state index in [9.17, 15) is 4.79 Å². The molecule has 0 unspecified atom stereocenters. The fourth-order valence-corrected chi connectivity index (χ4v) is 2.63. The second-order valence-electron chi connectivity index (χ2n) is 6.07. The average molecular weight is 371 g/mol. The Morgan fingerprint density at radius 2 is 1.89 bits per heavy atom. The summed E-state index contributed by atoms with van der Waals surface area (Å²) < 4.78 is 10.9. The van der Waals surface area contributed by atoms with Gasteiger partial charge in [0.2, 0.25) is 5.76 Å². The molecule has 0 aliphatic carbocycles. The van der Waals surface area contributed by atoms with E-state index in [1.54, 1.807) is 30.6 Å². The van der Waals surface area contributed by atoms with Gasteiger partial charge in [-0.3, -0.25) is 9.78 Å². The van der Waals surface area contributed by atoms with Crippen molar-refractivity contribution in [2.24, 2.45) is 0 Å². The van der Waals surface area contributed by atoms with Crippen LogP contribution in [0.15, 0.2) is 89.7 Å². The van der Waals surface area contributed by atoms with Crippen LogP contribution in [0.25, 0.3) is 11.3 Å². The molecule has 1 amide bonds. The molecule has 2 aromatic heterocycles. The molecule has 0 radical (unpaired) electrons. The molecule has 0 bridgehead atoms. The van der Waals surface area contributed by atoms with E-state index < -0.39 is 0 Å². The van der Waals surface area contributed by atoms with Crippen molar-refractivity contribution in [1.29, 1.82) is 0 Å². The van der Waals surface area contributed by atoms with Gasteiger partial charge in [-0.05, 0) is 18.2 Å². The van der Waals surface area contributed by atoms with Crippen LogP contribution in [-0.4, -0.2) is 16.0 Å². The van der Waals surface area contributed by atoms with E-state index in [0.717, 1.165) is 11.1 Å². The van der Waals surface area contributed by atoms with Crippen LogP contribution in [0.2, 0.25) is 0 Å². The van der Waals surface area contributed by atoms with Crippen LogP contribution < -0.4 is 10.1 Å². The summed E-state index contributed by atoms with van der Waals surface area (Å²) in [7, 11) is 0. The summed E-state index contributed by atoms with van der Waals surface area (Å²) in [6, 6.07) is 22.1. The Balaban J connectivity index is 1.41. The Kier molecular flexibility index (Phi) is 5.11. The number of nitrogens with one attached hydrogen (secondary N) is 1. The Morgan fingerprint density at radius 3 is 2.71 bits per heavy atom. The molecular formula is C22H17N3O3. The summed E-state index contributed by atoms with van der Waals surface area (Å²) in [5, 5.41) is 6.76. The number of hydrogen-bond donors (Lipinski definition) is 1. The van der Waals surface area contributed by atoms with Gasteiger partial charge >= 0.3 is 0 Å². The monoisotopic (exact) mass is 371 g/mol. The number of carbonyl (C=O) groups excluding carboxylic acids is 1. The number of hydrogen-bond acceptors (Lipinski definition) is 5. The second kappa shape index (κ2) is 8.18. The predicted octanol–water partition coefficient (Wildman–Crippen LogP) is 4.57. The van der Waals surface area contributed by atoms with Crippen molar-refractivity contribution in [3.8, 4) is 17.0 Å². The molecule has 0 fully saturated rings. The van der Waals surface area contributed by atoms with Crippen molar-refractivity contribution >= 4 is 11.6 Å². The van der Waals surface area contributed by atoms with Crippen molar-refractivity contribution in [3.05, 3.63) is 96.5 Å². The van der Waals surface area contributed by atoms with Crippen LogP contribution in [-0.2, 0) is 6.61 Å². The molecule has 0 atom stereocenters. The van der Waals surface area contributed by atoms with E-state index >= 15 is 0 Å². The Hall–Kier alpha value is -3.93. The molecule has 0 saturated heterocycles. The highest BCUT2D eigenvalue weighted by Gasteiger charge is 2.14. The summed E-state index contributed by atoms with van der Waals surface area (Å²) >= 11 is 0. The van der Waals surface area contributed by atoms with Gasteiger partial charge < -0.3 is 14.6 Å². The molecule has 4 rings (SSSR count). The van der Waals surface area contributed by atoms with Crippen LogP contribution >= 0.6 is 0 Å². The molecule has 1 N–H and O–H groups in total. The zero-order valence-corrected chi connectivity index (χ0v) is 14.9. The quantitative estimate of drug-likeness (QED) is 0.537. The van der Waals surface area contributed by atoms with E-state index in [-0.39, 0.29) is 11.7 Å². The first-order chi connectivity index (χ1) is 13.8. The third kappa shape index (κ3) is 4.24. The predicted molar refractivity (Wildman–Crippen MR) is 105 cm³/mol. The highest BCUT2D eigenvalue weighted by molar-refractivity contribution is 6.02. The number of ether oxygens (including phenoxy) is 1. The Morgan fingerprint density at radius 1 is 1.00 bits per heavy atom. The topological polar surface area (TPSA) is 77.2 Å². The second-order valence-corrected chi connectivity index (χ2v) is 6.07. The van der Waals surface area contributed by atoms with Crippen LogP contribution in [0, 0.1) is 0 Å². The lowest BCUT2D eigenvalue weighted by Gasteiger charge is -2.08. The fraction of sp³-hybridized carbons (Fsp3) is 0.0455. The van der Waals surface area contributed by atoms with E-state index in [0.29, 0.717) is 23.7 Å². The van der Waals surface area contributed by atoms with Crippen LogP contribution in [0.4, 0.5) is 5.69 Å². The minimum Gasteiger partial charge on any atom is -0.489 e. The third-order valence-electron chi connectivity index (χ3n) is 4.02. The van der Waals surface area contributed by atoms with Crippen LogP contribution in [0.3, 0.4) is 0 Å². The highest BCUT2D eigenvalue weighted by Crippen LogP contribution is 2.21. The maximum atomic E-state index is 12.5. The summed E-state index contributed by atoms with van der Waals surface area (Å²) in [6.07, 6.45) is 3.46. The van der Waals surface area contributed by atoms with Crippen molar-refractivity contribution in [1.82, 2.24) is 10.1 Å². The van der Waals surface area contributed by atoms with Gasteiger partial charge in [0.05, 0.1) is 0 Å². The maximum Gasteiger partial charge on any atom is 0.294 e. The number of rotatable bonds is 6. The minimum absolute atomic E-state index is 0.139. The summed E-state index contributed by atoms with van der Waals surface area (Å²) in [6.45, 7) is 0.397. The van der Waals surface area contributed by atoms with Crippen molar-refractivity contribution in [3.63, 3.8) is 0 Å². The molecule has 4 aromatic rings. The molecule has 0 aliphatic heterocycles. The van der Waals surface area contributed by atoms with Crippen LogP contribution in [0.5, 0.6) is 5.75 Å². The number of anilines is 1. The van der Waals surface area contributed by atoms with E-state index in [1.165, 1.54) is 0 Å².